The van der Waals surface area contributed by atoms with Crippen LogP contribution in [0, 0.1) is 5.92 Å². The Hall–Kier alpha value is -0.330. The van der Waals surface area contributed by atoms with Gasteiger partial charge in [0.15, 0.2) is 0 Å². The summed E-state index contributed by atoms with van der Waals surface area (Å²) in [6.45, 7) is 4.77. The molecule has 174 valence electrons. The van der Waals surface area contributed by atoms with Crippen molar-refractivity contribution < 1.29 is 4.79 Å². The zero-order valence-electron chi connectivity index (χ0n) is 20.5. The molecule has 0 radical (unpaired) electrons. The molecule has 0 saturated carbocycles. The third kappa shape index (κ3) is 25.6. The molecule has 0 saturated heterocycles. The summed E-state index contributed by atoms with van der Waals surface area (Å²) in [6, 6.07) is 0. The van der Waals surface area contributed by atoms with Crippen LogP contribution in [-0.2, 0) is 4.79 Å². The molecule has 0 aliphatic heterocycles. The maximum atomic E-state index is 10.3. The molecule has 0 aliphatic rings. The van der Waals surface area contributed by atoms with E-state index >= 15 is 0 Å². The van der Waals surface area contributed by atoms with Crippen LogP contribution < -0.4 is 0 Å². The highest BCUT2D eigenvalue weighted by Crippen LogP contribution is 2.19. The largest absolute Gasteiger partial charge is 0.303 e. The van der Waals surface area contributed by atoms with Crippen LogP contribution in [0.2, 0.25) is 0 Å². The van der Waals surface area contributed by atoms with Gasteiger partial charge in [-0.05, 0) is 12.3 Å². The quantitative estimate of drug-likeness (QED) is 0.108. The summed E-state index contributed by atoms with van der Waals surface area (Å²) < 4.78 is 0. The van der Waals surface area contributed by atoms with E-state index in [4.69, 9.17) is 0 Å². The van der Waals surface area contributed by atoms with E-state index < -0.39 is 0 Å². The summed E-state index contributed by atoms with van der Waals surface area (Å²) in [5.41, 5.74) is 0. The minimum absolute atomic E-state index is 0.761. The zero-order chi connectivity index (χ0) is 21.3. The first kappa shape index (κ1) is 28.7. The molecule has 0 bridgehead atoms. The lowest BCUT2D eigenvalue weighted by Crippen LogP contribution is -1.95. The fourth-order valence-electron chi connectivity index (χ4n) is 4.44. The van der Waals surface area contributed by atoms with Gasteiger partial charge in [-0.25, -0.2) is 0 Å². The van der Waals surface area contributed by atoms with E-state index in [0.717, 1.165) is 25.0 Å². The Labute approximate surface area is 185 Å². The van der Waals surface area contributed by atoms with Gasteiger partial charge in [0.2, 0.25) is 0 Å². The van der Waals surface area contributed by atoms with Crippen molar-refractivity contribution in [2.24, 2.45) is 5.92 Å². The fourth-order valence-corrected chi connectivity index (χ4v) is 4.44. The normalized spacial score (nSPS) is 12.3. The van der Waals surface area contributed by atoms with Crippen LogP contribution in [0.25, 0.3) is 0 Å². The number of aldehydes is 1. The summed E-state index contributed by atoms with van der Waals surface area (Å²) in [6.07, 6.45) is 34.4. The van der Waals surface area contributed by atoms with Crippen LogP contribution in [0.5, 0.6) is 0 Å². The van der Waals surface area contributed by atoms with Crippen molar-refractivity contribution in [1.29, 1.82) is 0 Å². The molecule has 0 rings (SSSR count). The van der Waals surface area contributed by atoms with Crippen molar-refractivity contribution in [3.05, 3.63) is 0 Å². The lowest BCUT2D eigenvalue weighted by atomic mass is 9.95. The van der Waals surface area contributed by atoms with E-state index in [1.165, 1.54) is 141 Å². The lowest BCUT2D eigenvalue weighted by molar-refractivity contribution is -0.107. The first-order valence-corrected chi connectivity index (χ1v) is 13.7. The molecule has 1 heteroatoms. The van der Waals surface area contributed by atoms with E-state index in [1.807, 2.05) is 0 Å². The van der Waals surface area contributed by atoms with Crippen molar-refractivity contribution in [3.8, 4) is 0 Å². The van der Waals surface area contributed by atoms with Gasteiger partial charge in [-0.2, -0.15) is 0 Å². The van der Waals surface area contributed by atoms with E-state index in [2.05, 4.69) is 13.8 Å². The fraction of sp³-hybridized carbons (Fsp3) is 0.964. The Morgan fingerprint density at radius 2 is 0.793 bits per heavy atom. The van der Waals surface area contributed by atoms with Gasteiger partial charge in [0.05, 0.1) is 0 Å². The molecular formula is C28H56O. The average molecular weight is 409 g/mol. The van der Waals surface area contributed by atoms with Crippen LogP contribution in [0.1, 0.15) is 168 Å². The highest BCUT2D eigenvalue weighted by Gasteiger charge is 2.02. The number of rotatable bonds is 25. The molecule has 1 nitrogen and oxygen atoms in total. The maximum absolute atomic E-state index is 10.3. The van der Waals surface area contributed by atoms with E-state index in [-0.39, 0.29) is 0 Å². The van der Waals surface area contributed by atoms with Crippen molar-refractivity contribution >= 4 is 6.29 Å². The predicted octanol–water partition coefficient (Wildman–Crippen LogP) is 10.2. The molecule has 0 aliphatic carbocycles. The monoisotopic (exact) mass is 408 g/mol. The Morgan fingerprint density at radius 3 is 1.14 bits per heavy atom. The van der Waals surface area contributed by atoms with Crippen molar-refractivity contribution in [3.63, 3.8) is 0 Å². The third-order valence-electron chi connectivity index (χ3n) is 6.57. The van der Waals surface area contributed by atoms with Gasteiger partial charge in [0, 0.05) is 6.42 Å². The van der Waals surface area contributed by atoms with Crippen molar-refractivity contribution in [1.82, 2.24) is 0 Å². The standard InChI is InChI=1S/C28H56O/c1-3-4-5-6-7-8-9-10-13-16-19-22-25-28(2)26-23-20-17-14-11-12-15-18-21-24-27-29/h27-28H,3-26H2,1-2H3/t28-/m1/s1. The Morgan fingerprint density at radius 1 is 0.483 bits per heavy atom. The molecule has 0 aromatic heterocycles. The summed E-state index contributed by atoms with van der Waals surface area (Å²) in [7, 11) is 0. The third-order valence-corrected chi connectivity index (χ3v) is 6.57. The van der Waals surface area contributed by atoms with Gasteiger partial charge in [0.1, 0.15) is 6.29 Å². The highest BCUT2D eigenvalue weighted by atomic mass is 16.1. The van der Waals surface area contributed by atoms with Crippen LogP contribution in [0.15, 0.2) is 0 Å². The summed E-state index contributed by atoms with van der Waals surface area (Å²) in [5, 5.41) is 0. The van der Waals surface area contributed by atoms with Crippen LogP contribution >= 0.6 is 0 Å². The van der Waals surface area contributed by atoms with Gasteiger partial charge >= 0.3 is 0 Å². The molecule has 0 aromatic carbocycles. The molecular weight excluding hydrogens is 352 g/mol. The van der Waals surface area contributed by atoms with Gasteiger partial charge in [-0.3, -0.25) is 0 Å². The van der Waals surface area contributed by atoms with Gasteiger partial charge in [-0.15, -0.1) is 0 Å². The summed E-state index contributed by atoms with van der Waals surface area (Å²) >= 11 is 0. The maximum Gasteiger partial charge on any atom is 0.119 e. The van der Waals surface area contributed by atoms with E-state index in [9.17, 15) is 4.79 Å². The topological polar surface area (TPSA) is 17.1 Å². The SMILES string of the molecule is CCCCCCCCCCCCCC[C@@H](C)CCCCCCCCCCCC=O. The number of carbonyl (C=O) groups is 1. The minimum atomic E-state index is 0.761. The zero-order valence-corrected chi connectivity index (χ0v) is 20.5. The predicted molar refractivity (Wildman–Crippen MR) is 132 cm³/mol. The second-order valence-electron chi connectivity index (χ2n) is 9.71. The van der Waals surface area contributed by atoms with Crippen LogP contribution in [0.3, 0.4) is 0 Å². The first-order valence-electron chi connectivity index (χ1n) is 13.7. The Bertz CT molecular complexity index is 299. The number of carbonyl (C=O) groups excluding carboxylic acids is 1. The molecule has 29 heavy (non-hydrogen) atoms. The number of hydrogen-bond acceptors (Lipinski definition) is 1. The number of unbranched alkanes of at least 4 members (excludes halogenated alkanes) is 20. The summed E-state index contributed by atoms with van der Waals surface area (Å²) in [4.78, 5) is 10.3. The molecule has 0 amide bonds. The van der Waals surface area contributed by atoms with E-state index in [0.29, 0.717) is 0 Å². The minimum Gasteiger partial charge on any atom is -0.303 e. The van der Waals surface area contributed by atoms with Crippen molar-refractivity contribution in [2.45, 2.75) is 168 Å². The van der Waals surface area contributed by atoms with Crippen LogP contribution in [-0.4, -0.2) is 6.29 Å². The second kappa shape index (κ2) is 25.7. The molecule has 0 heterocycles. The van der Waals surface area contributed by atoms with Crippen LogP contribution in [0.4, 0.5) is 0 Å². The average Bonchev–Trinajstić information content (AvgIpc) is 2.72. The molecule has 0 unspecified atom stereocenters. The van der Waals surface area contributed by atoms with E-state index in [1.54, 1.807) is 0 Å². The number of hydrogen-bond donors (Lipinski definition) is 0. The molecule has 1 atom stereocenters. The second-order valence-corrected chi connectivity index (χ2v) is 9.71. The smallest absolute Gasteiger partial charge is 0.119 e. The Kier molecular flexibility index (Phi) is 25.4. The molecule has 0 aromatic rings. The molecule has 0 fully saturated rings. The Balaban J connectivity index is 3.13. The van der Waals surface area contributed by atoms with Gasteiger partial charge in [-0.1, -0.05) is 155 Å². The first-order chi connectivity index (χ1) is 14.3. The lowest BCUT2D eigenvalue weighted by Gasteiger charge is -2.11. The highest BCUT2D eigenvalue weighted by molar-refractivity contribution is 5.48. The molecule has 0 spiro atoms. The summed E-state index contributed by atoms with van der Waals surface area (Å²) in [5.74, 6) is 0.941. The van der Waals surface area contributed by atoms with Gasteiger partial charge in [0.25, 0.3) is 0 Å². The van der Waals surface area contributed by atoms with Crippen molar-refractivity contribution in [2.75, 3.05) is 0 Å². The molecule has 0 N–H and O–H groups in total. The van der Waals surface area contributed by atoms with Gasteiger partial charge < -0.3 is 4.79 Å².